The van der Waals surface area contributed by atoms with Gasteiger partial charge in [0.1, 0.15) is 0 Å². The van der Waals surface area contributed by atoms with E-state index in [2.05, 4.69) is 68.0 Å². The molecule has 1 aromatic carbocycles. The summed E-state index contributed by atoms with van der Waals surface area (Å²) < 4.78 is 2.23. The number of benzene rings is 1. The zero-order valence-corrected chi connectivity index (χ0v) is 13.0. The largest absolute Gasteiger partial charge is 0.396 e. The minimum absolute atomic E-state index is 0.127. The van der Waals surface area contributed by atoms with Crippen LogP contribution in [0.1, 0.15) is 33.3 Å². The molecule has 0 radical (unpaired) electrons. The van der Waals surface area contributed by atoms with Crippen LogP contribution in [-0.4, -0.2) is 21.8 Å². The van der Waals surface area contributed by atoms with Crippen LogP contribution in [0.5, 0.6) is 0 Å². The summed E-state index contributed by atoms with van der Waals surface area (Å²) in [5.41, 5.74) is 2.67. The molecule has 1 aromatic heterocycles. The molecule has 0 spiro atoms. The molecule has 0 amide bonds. The summed E-state index contributed by atoms with van der Waals surface area (Å²) >= 11 is 0. The highest BCUT2D eigenvalue weighted by atomic mass is 16.3. The first kappa shape index (κ1) is 15.1. The van der Waals surface area contributed by atoms with Crippen LogP contribution in [0, 0.1) is 5.92 Å². The molecule has 1 atom stereocenters. The Morgan fingerprint density at radius 3 is 2.65 bits per heavy atom. The fourth-order valence-corrected chi connectivity index (χ4v) is 2.26. The molecule has 3 nitrogen and oxygen atoms in total. The standard InChI is InChI=1S/C17H26N2O/c1-13(12-20)11-19-8-7-15-6-5-14(9-16(15)19)10-18-17(2,3)4/h5-9,13,18,20H,10-12H2,1-4H3. The molecular weight excluding hydrogens is 248 g/mol. The minimum atomic E-state index is 0.127. The molecule has 0 fully saturated rings. The number of hydrogen-bond donors (Lipinski definition) is 2. The van der Waals surface area contributed by atoms with E-state index in [1.165, 1.54) is 16.5 Å². The highest BCUT2D eigenvalue weighted by Gasteiger charge is 2.10. The molecule has 2 rings (SSSR count). The Morgan fingerprint density at radius 1 is 1.25 bits per heavy atom. The van der Waals surface area contributed by atoms with Gasteiger partial charge in [-0.3, -0.25) is 0 Å². The van der Waals surface area contributed by atoms with Crippen LogP contribution in [0.2, 0.25) is 0 Å². The number of nitrogens with zero attached hydrogens (tertiary/aromatic N) is 1. The van der Waals surface area contributed by atoms with Crippen molar-refractivity contribution in [3.8, 4) is 0 Å². The number of aromatic nitrogens is 1. The minimum Gasteiger partial charge on any atom is -0.396 e. The smallest absolute Gasteiger partial charge is 0.0483 e. The SMILES string of the molecule is CC(CO)Cn1ccc2ccc(CNC(C)(C)C)cc21. The summed E-state index contributed by atoms with van der Waals surface area (Å²) in [6, 6.07) is 8.74. The third kappa shape index (κ3) is 3.84. The van der Waals surface area contributed by atoms with Crippen molar-refractivity contribution < 1.29 is 5.11 Å². The van der Waals surface area contributed by atoms with Crippen LogP contribution < -0.4 is 5.32 Å². The van der Waals surface area contributed by atoms with Crippen LogP contribution in [0.4, 0.5) is 0 Å². The molecule has 0 saturated heterocycles. The second kappa shape index (κ2) is 5.98. The number of hydrogen-bond acceptors (Lipinski definition) is 2. The van der Waals surface area contributed by atoms with Crippen molar-refractivity contribution in [3.05, 3.63) is 36.0 Å². The van der Waals surface area contributed by atoms with Crippen molar-refractivity contribution in [1.29, 1.82) is 0 Å². The summed E-state index contributed by atoms with van der Waals surface area (Å²) in [7, 11) is 0. The Kier molecular flexibility index (Phi) is 4.51. The van der Waals surface area contributed by atoms with Gasteiger partial charge in [0.15, 0.2) is 0 Å². The van der Waals surface area contributed by atoms with Gasteiger partial charge in [0.25, 0.3) is 0 Å². The molecule has 1 heterocycles. The summed E-state index contributed by atoms with van der Waals surface area (Å²) in [5, 5.41) is 14.0. The van der Waals surface area contributed by atoms with Gasteiger partial charge in [-0.2, -0.15) is 0 Å². The van der Waals surface area contributed by atoms with Crippen LogP contribution in [0.3, 0.4) is 0 Å². The van der Waals surface area contributed by atoms with Crippen LogP contribution in [0.15, 0.2) is 30.5 Å². The normalized spacial score (nSPS) is 13.8. The molecule has 0 bridgehead atoms. The molecule has 110 valence electrons. The van der Waals surface area contributed by atoms with Crippen LogP contribution in [-0.2, 0) is 13.1 Å². The monoisotopic (exact) mass is 274 g/mol. The van der Waals surface area contributed by atoms with Gasteiger partial charge in [-0.05, 0) is 49.8 Å². The first-order valence-corrected chi connectivity index (χ1v) is 7.33. The van der Waals surface area contributed by atoms with Gasteiger partial charge in [0, 0.05) is 36.9 Å². The fourth-order valence-electron chi connectivity index (χ4n) is 2.26. The van der Waals surface area contributed by atoms with Gasteiger partial charge >= 0.3 is 0 Å². The third-order valence-corrected chi connectivity index (χ3v) is 3.48. The molecule has 1 unspecified atom stereocenters. The maximum atomic E-state index is 9.21. The lowest BCUT2D eigenvalue weighted by Crippen LogP contribution is -2.35. The Morgan fingerprint density at radius 2 is 2.00 bits per heavy atom. The lowest BCUT2D eigenvalue weighted by molar-refractivity contribution is 0.224. The Balaban J connectivity index is 2.20. The molecule has 20 heavy (non-hydrogen) atoms. The van der Waals surface area contributed by atoms with E-state index in [9.17, 15) is 5.11 Å². The van der Waals surface area contributed by atoms with Crippen molar-refractivity contribution in [1.82, 2.24) is 9.88 Å². The van der Waals surface area contributed by atoms with E-state index >= 15 is 0 Å². The van der Waals surface area contributed by atoms with Gasteiger partial charge < -0.3 is 15.0 Å². The predicted octanol–water partition coefficient (Wildman–Crippen LogP) is 3.16. The predicted molar refractivity (Wildman–Crippen MR) is 84.8 cm³/mol. The van der Waals surface area contributed by atoms with E-state index < -0.39 is 0 Å². The maximum absolute atomic E-state index is 9.21. The van der Waals surface area contributed by atoms with E-state index in [4.69, 9.17) is 0 Å². The van der Waals surface area contributed by atoms with Crippen molar-refractivity contribution in [3.63, 3.8) is 0 Å². The number of aliphatic hydroxyl groups excluding tert-OH is 1. The summed E-state index contributed by atoms with van der Waals surface area (Å²) in [4.78, 5) is 0. The highest BCUT2D eigenvalue weighted by molar-refractivity contribution is 5.80. The van der Waals surface area contributed by atoms with Gasteiger partial charge in [0.2, 0.25) is 0 Å². The van der Waals surface area contributed by atoms with E-state index in [-0.39, 0.29) is 18.1 Å². The highest BCUT2D eigenvalue weighted by Crippen LogP contribution is 2.19. The molecule has 2 N–H and O–H groups in total. The third-order valence-electron chi connectivity index (χ3n) is 3.48. The van der Waals surface area contributed by atoms with E-state index in [1.54, 1.807) is 0 Å². The molecule has 0 aliphatic rings. The van der Waals surface area contributed by atoms with E-state index in [1.807, 2.05) is 0 Å². The van der Waals surface area contributed by atoms with E-state index in [0.717, 1.165) is 13.1 Å². The van der Waals surface area contributed by atoms with Crippen molar-refractivity contribution >= 4 is 10.9 Å². The molecule has 2 aromatic rings. The first-order valence-electron chi connectivity index (χ1n) is 7.33. The zero-order chi connectivity index (χ0) is 14.8. The van der Waals surface area contributed by atoms with Gasteiger partial charge in [0.05, 0.1) is 0 Å². The molecule has 0 aliphatic carbocycles. The summed E-state index contributed by atoms with van der Waals surface area (Å²) in [6.45, 7) is 10.6. The summed E-state index contributed by atoms with van der Waals surface area (Å²) in [5.74, 6) is 0.280. The Hall–Kier alpha value is -1.32. The molecule has 0 aliphatic heterocycles. The first-order chi connectivity index (χ1) is 9.39. The topological polar surface area (TPSA) is 37.2 Å². The average molecular weight is 274 g/mol. The lowest BCUT2D eigenvalue weighted by Gasteiger charge is -2.20. The van der Waals surface area contributed by atoms with Gasteiger partial charge in [-0.25, -0.2) is 0 Å². The fraction of sp³-hybridized carbons (Fsp3) is 0.529. The summed E-state index contributed by atoms with van der Waals surface area (Å²) in [6.07, 6.45) is 2.11. The van der Waals surface area contributed by atoms with E-state index in [0.29, 0.717) is 0 Å². The lowest BCUT2D eigenvalue weighted by atomic mass is 10.1. The second-order valence-corrected chi connectivity index (χ2v) is 6.75. The molecule has 0 saturated carbocycles. The number of fused-ring (bicyclic) bond motifs is 1. The van der Waals surface area contributed by atoms with Gasteiger partial charge in [-0.15, -0.1) is 0 Å². The van der Waals surface area contributed by atoms with Crippen molar-refractivity contribution in [2.45, 2.75) is 46.3 Å². The number of nitrogens with one attached hydrogen (secondary N) is 1. The zero-order valence-electron chi connectivity index (χ0n) is 13.0. The average Bonchev–Trinajstić information content (AvgIpc) is 2.78. The van der Waals surface area contributed by atoms with Crippen molar-refractivity contribution in [2.24, 2.45) is 5.92 Å². The molecule has 3 heteroatoms. The second-order valence-electron chi connectivity index (χ2n) is 6.75. The number of aliphatic hydroxyl groups is 1. The molecular formula is C17H26N2O. The Labute approximate surface area is 121 Å². The van der Waals surface area contributed by atoms with Crippen LogP contribution in [0.25, 0.3) is 10.9 Å². The van der Waals surface area contributed by atoms with Crippen molar-refractivity contribution in [2.75, 3.05) is 6.61 Å². The van der Waals surface area contributed by atoms with Crippen LogP contribution >= 0.6 is 0 Å². The quantitative estimate of drug-likeness (QED) is 0.879. The maximum Gasteiger partial charge on any atom is 0.0483 e. The van der Waals surface area contributed by atoms with Gasteiger partial charge in [-0.1, -0.05) is 19.1 Å². The number of rotatable bonds is 5. The Bertz CT molecular complexity index is 566.